The number of allylic oxidation sites excluding steroid dienone is 1. The average molecular weight is 463 g/mol. The van der Waals surface area contributed by atoms with Gasteiger partial charge in [-0.2, -0.15) is 5.10 Å². The van der Waals surface area contributed by atoms with E-state index in [1.165, 1.54) is 23.5 Å². The molecule has 1 aromatic carbocycles. The summed E-state index contributed by atoms with van der Waals surface area (Å²) >= 11 is 0. The van der Waals surface area contributed by atoms with Crippen molar-refractivity contribution >= 4 is 22.1 Å². The van der Waals surface area contributed by atoms with E-state index in [0.29, 0.717) is 34.6 Å². The van der Waals surface area contributed by atoms with Gasteiger partial charge in [0.2, 0.25) is 10.0 Å². The standard InChI is InChI=1S/C22H27FN4O4S/c1-22(15-6-7-15)12-17-19(21(29)24-2)20(14-4-8-16(23)9-5-14)25-26(17)13-18(22)27(10-11-28)32(3,30)31/h4-5,8-9,13,15,28H,6-7,10-12H2,1-3H3,(H,24,29). The minimum atomic E-state index is -3.64. The number of rotatable bonds is 7. The number of sulfonamides is 1. The van der Waals surface area contributed by atoms with Crippen LogP contribution in [0.1, 0.15) is 35.8 Å². The number of amides is 1. The summed E-state index contributed by atoms with van der Waals surface area (Å²) in [6.45, 7) is 1.63. The number of carbonyl (C=O) groups excluding carboxylic acids is 1. The summed E-state index contributed by atoms with van der Waals surface area (Å²) in [4.78, 5) is 12.9. The van der Waals surface area contributed by atoms with Crippen molar-refractivity contribution in [1.29, 1.82) is 0 Å². The molecule has 2 aromatic rings. The quantitative estimate of drug-likeness (QED) is 0.656. The Morgan fingerprint density at radius 1 is 1.34 bits per heavy atom. The topological polar surface area (TPSA) is 105 Å². The van der Waals surface area contributed by atoms with E-state index in [2.05, 4.69) is 10.4 Å². The molecule has 2 heterocycles. The number of benzene rings is 1. The lowest BCUT2D eigenvalue weighted by Crippen LogP contribution is -2.43. The lowest BCUT2D eigenvalue weighted by molar-refractivity contribution is 0.0961. The van der Waals surface area contributed by atoms with Crippen molar-refractivity contribution < 1.29 is 22.7 Å². The third kappa shape index (κ3) is 3.81. The molecule has 2 N–H and O–H groups in total. The second-order valence-corrected chi connectivity index (χ2v) is 10.5. The van der Waals surface area contributed by atoms with Crippen LogP contribution in [0.15, 0.2) is 30.0 Å². The van der Waals surface area contributed by atoms with Crippen molar-refractivity contribution in [3.63, 3.8) is 0 Å². The first kappa shape index (κ1) is 22.5. The first-order valence-corrected chi connectivity index (χ1v) is 12.3. The van der Waals surface area contributed by atoms with Crippen molar-refractivity contribution in [1.82, 2.24) is 19.4 Å². The van der Waals surface area contributed by atoms with Gasteiger partial charge in [-0.15, -0.1) is 0 Å². The zero-order valence-corrected chi connectivity index (χ0v) is 19.1. The molecule has 0 spiro atoms. The number of hydrogen-bond acceptors (Lipinski definition) is 5. The number of carbonyl (C=O) groups is 1. The summed E-state index contributed by atoms with van der Waals surface area (Å²) in [7, 11) is -2.10. The molecule has 1 aliphatic heterocycles. The smallest absolute Gasteiger partial charge is 0.255 e. The van der Waals surface area contributed by atoms with Crippen LogP contribution in [0, 0.1) is 17.2 Å². The minimum absolute atomic E-state index is 0.0588. The Labute approximate surface area is 186 Å². The van der Waals surface area contributed by atoms with Crippen LogP contribution in [0.3, 0.4) is 0 Å². The number of nitrogens with one attached hydrogen (secondary N) is 1. The van der Waals surface area contributed by atoms with Crippen molar-refractivity contribution in [3.8, 4) is 11.3 Å². The van der Waals surface area contributed by atoms with Gasteiger partial charge in [-0.1, -0.05) is 6.92 Å². The van der Waals surface area contributed by atoms with Crippen LogP contribution in [0.2, 0.25) is 0 Å². The second kappa shape index (κ2) is 8.00. The number of nitrogens with zero attached hydrogens (tertiary/aromatic N) is 3. The Bertz CT molecular complexity index is 1190. The SMILES string of the molecule is CNC(=O)c1c(-c2ccc(F)cc2)nn2c1CC(C)(C1CC1)C(N(CCO)S(C)(=O)=O)=C2. The summed E-state index contributed by atoms with van der Waals surface area (Å²) in [6, 6.07) is 5.75. The Morgan fingerprint density at radius 2 is 2.00 bits per heavy atom. The molecule has 172 valence electrons. The summed E-state index contributed by atoms with van der Waals surface area (Å²) in [6.07, 6.45) is 5.11. The first-order chi connectivity index (χ1) is 15.1. The van der Waals surface area contributed by atoms with Crippen molar-refractivity contribution in [2.75, 3.05) is 26.5 Å². The summed E-state index contributed by atoms with van der Waals surface area (Å²) in [5.41, 5.74) is 2.08. The molecule has 1 unspecified atom stereocenters. The summed E-state index contributed by atoms with van der Waals surface area (Å²) in [5, 5.41) is 16.8. The first-order valence-electron chi connectivity index (χ1n) is 10.5. The van der Waals surface area contributed by atoms with Crippen LogP contribution in [0.4, 0.5) is 4.39 Å². The van der Waals surface area contributed by atoms with Gasteiger partial charge in [-0.25, -0.2) is 17.5 Å². The van der Waals surface area contributed by atoms with Crippen molar-refractivity contribution in [2.45, 2.75) is 26.2 Å². The number of fused-ring (bicyclic) bond motifs is 1. The molecule has 0 bridgehead atoms. The Kier molecular flexibility index (Phi) is 5.62. The largest absolute Gasteiger partial charge is 0.394 e. The average Bonchev–Trinajstić information content (AvgIpc) is 3.54. The van der Waals surface area contributed by atoms with Crippen LogP contribution in [-0.4, -0.2) is 60.0 Å². The summed E-state index contributed by atoms with van der Waals surface area (Å²) in [5.74, 6) is -0.446. The van der Waals surface area contributed by atoms with Crippen molar-refractivity contribution in [2.24, 2.45) is 11.3 Å². The highest BCUT2D eigenvalue weighted by Crippen LogP contribution is 2.55. The molecule has 1 aliphatic carbocycles. The molecule has 10 heteroatoms. The van der Waals surface area contributed by atoms with E-state index in [1.807, 2.05) is 6.92 Å². The highest BCUT2D eigenvalue weighted by molar-refractivity contribution is 7.88. The van der Waals surface area contributed by atoms with Gasteiger partial charge in [0.15, 0.2) is 0 Å². The van der Waals surface area contributed by atoms with E-state index in [-0.39, 0.29) is 25.0 Å². The minimum Gasteiger partial charge on any atom is -0.394 e. The van der Waals surface area contributed by atoms with Crippen LogP contribution in [0.25, 0.3) is 17.5 Å². The number of halogens is 1. The van der Waals surface area contributed by atoms with Crippen LogP contribution >= 0.6 is 0 Å². The lowest BCUT2D eigenvalue weighted by Gasteiger charge is -2.41. The van der Waals surface area contributed by atoms with Gasteiger partial charge in [0, 0.05) is 30.6 Å². The molecule has 0 radical (unpaired) electrons. The maximum absolute atomic E-state index is 13.5. The molecule has 1 saturated carbocycles. The molecule has 1 fully saturated rings. The van der Waals surface area contributed by atoms with Crippen LogP contribution < -0.4 is 5.32 Å². The zero-order chi connectivity index (χ0) is 23.3. The fourth-order valence-electron chi connectivity index (χ4n) is 4.60. The van der Waals surface area contributed by atoms with E-state index < -0.39 is 21.3 Å². The van der Waals surface area contributed by atoms with E-state index >= 15 is 0 Å². The monoisotopic (exact) mass is 462 g/mol. The molecular formula is C22H27FN4O4S. The number of aliphatic hydroxyl groups is 1. The maximum Gasteiger partial charge on any atom is 0.255 e. The van der Waals surface area contributed by atoms with E-state index in [1.54, 1.807) is 23.0 Å². The molecule has 2 aliphatic rings. The van der Waals surface area contributed by atoms with Gasteiger partial charge < -0.3 is 10.4 Å². The maximum atomic E-state index is 13.5. The zero-order valence-electron chi connectivity index (χ0n) is 18.3. The number of aliphatic hydroxyl groups excluding tert-OH is 1. The van der Waals surface area contributed by atoms with E-state index in [4.69, 9.17) is 0 Å². The third-order valence-corrected chi connectivity index (χ3v) is 7.58. The number of aromatic nitrogens is 2. The normalized spacial score (nSPS) is 20.5. The van der Waals surface area contributed by atoms with Crippen LogP contribution in [-0.2, 0) is 16.4 Å². The third-order valence-electron chi connectivity index (χ3n) is 6.40. The Morgan fingerprint density at radius 3 is 2.53 bits per heavy atom. The second-order valence-electron chi connectivity index (χ2n) is 8.64. The number of hydrogen-bond donors (Lipinski definition) is 2. The fourth-order valence-corrected chi connectivity index (χ4v) is 5.63. The van der Waals surface area contributed by atoms with E-state index in [9.17, 15) is 22.7 Å². The highest BCUT2D eigenvalue weighted by atomic mass is 32.2. The van der Waals surface area contributed by atoms with E-state index in [0.717, 1.165) is 19.1 Å². The van der Waals surface area contributed by atoms with Crippen LogP contribution in [0.5, 0.6) is 0 Å². The molecule has 1 aromatic heterocycles. The van der Waals surface area contributed by atoms with Gasteiger partial charge in [-0.05, 0) is 43.0 Å². The van der Waals surface area contributed by atoms with Crippen molar-refractivity contribution in [3.05, 3.63) is 47.0 Å². The molecule has 8 nitrogen and oxygen atoms in total. The van der Waals surface area contributed by atoms with Gasteiger partial charge in [-0.3, -0.25) is 9.10 Å². The molecular weight excluding hydrogens is 435 g/mol. The fraction of sp³-hybridized carbons (Fsp3) is 0.455. The molecule has 1 atom stereocenters. The highest BCUT2D eigenvalue weighted by Gasteiger charge is 2.50. The van der Waals surface area contributed by atoms with Gasteiger partial charge in [0.1, 0.15) is 11.5 Å². The Balaban J connectivity index is 1.94. The molecule has 32 heavy (non-hydrogen) atoms. The summed E-state index contributed by atoms with van der Waals surface area (Å²) < 4.78 is 41.5. The predicted octanol–water partition coefficient (Wildman–Crippen LogP) is 2.07. The predicted molar refractivity (Wildman–Crippen MR) is 118 cm³/mol. The van der Waals surface area contributed by atoms with Gasteiger partial charge in [0.05, 0.1) is 36.4 Å². The Hall–Kier alpha value is -2.72. The molecule has 0 saturated heterocycles. The molecule has 1 amide bonds. The van der Waals surface area contributed by atoms with Gasteiger partial charge >= 0.3 is 0 Å². The lowest BCUT2D eigenvalue weighted by atomic mass is 9.75. The van der Waals surface area contributed by atoms with Gasteiger partial charge in [0.25, 0.3) is 5.91 Å². The molecule has 4 rings (SSSR count).